The Kier molecular flexibility index (Phi) is 5.74. The number of carboxylic acids is 2. The molecule has 6 heteroatoms. The summed E-state index contributed by atoms with van der Waals surface area (Å²) < 4.78 is 0. The van der Waals surface area contributed by atoms with Crippen LogP contribution in [-0.2, 0) is 11.2 Å². The Morgan fingerprint density at radius 2 is 1.96 bits per heavy atom. The maximum atomic E-state index is 11.9. The summed E-state index contributed by atoms with van der Waals surface area (Å²) in [7, 11) is 0. The molecule has 142 valence electrons. The summed E-state index contributed by atoms with van der Waals surface area (Å²) in [6.07, 6.45) is 3.72. The summed E-state index contributed by atoms with van der Waals surface area (Å²) in [5.74, 6) is -2.12. The number of pyridine rings is 1. The zero-order valence-electron chi connectivity index (χ0n) is 15.3. The van der Waals surface area contributed by atoms with Crippen LogP contribution in [0.3, 0.4) is 0 Å². The van der Waals surface area contributed by atoms with Crippen LogP contribution in [0.5, 0.6) is 0 Å². The van der Waals surface area contributed by atoms with Crippen LogP contribution in [0, 0.1) is 5.92 Å². The minimum Gasteiger partial charge on any atom is -0.481 e. The van der Waals surface area contributed by atoms with E-state index in [9.17, 15) is 19.8 Å². The highest BCUT2D eigenvalue weighted by molar-refractivity contribution is 5.93. The van der Waals surface area contributed by atoms with Crippen molar-refractivity contribution in [2.45, 2.75) is 32.1 Å². The van der Waals surface area contributed by atoms with Crippen LogP contribution in [0.15, 0.2) is 42.6 Å². The molecule has 0 fully saturated rings. The van der Waals surface area contributed by atoms with Crippen molar-refractivity contribution in [3.05, 3.63) is 59.3 Å². The molecule has 0 bridgehead atoms. The van der Waals surface area contributed by atoms with Gasteiger partial charge in [0.2, 0.25) is 0 Å². The Morgan fingerprint density at radius 3 is 2.67 bits per heavy atom. The molecule has 2 unspecified atom stereocenters. The normalized spacial score (nSPS) is 18.6. The lowest BCUT2D eigenvalue weighted by atomic mass is 9.74. The maximum Gasteiger partial charge on any atom is 0.339 e. The molecule has 0 radical (unpaired) electrons. The lowest BCUT2D eigenvalue weighted by molar-refractivity contribution is -0.143. The fraction of sp³-hybridized carbons (Fsp3) is 0.381. The highest BCUT2D eigenvalue weighted by atomic mass is 16.4. The summed E-state index contributed by atoms with van der Waals surface area (Å²) in [4.78, 5) is 29.8. The molecule has 2 atom stereocenters. The van der Waals surface area contributed by atoms with Crippen molar-refractivity contribution in [1.82, 2.24) is 4.98 Å². The number of aliphatic carboxylic acids is 1. The molecule has 2 aromatic rings. The topological polar surface area (TPSA) is 90.7 Å². The molecule has 1 aromatic heterocycles. The van der Waals surface area contributed by atoms with Gasteiger partial charge in [0.15, 0.2) is 0 Å². The molecule has 1 heterocycles. The number of carboxylic acid groups (broad SMARTS) is 2. The number of carbonyl (C=O) groups is 2. The molecule has 0 amide bonds. The SMILES string of the molecule is CCCN(CC1c2ccccc2CCC1C(=O)O)c1ncccc1C(=O)O. The van der Waals surface area contributed by atoms with E-state index in [2.05, 4.69) is 4.98 Å². The van der Waals surface area contributed by atoms with E-state index in [0.717, 1.165) is 18.4 Å². The second-order valence-electron chi connectivity index (χ2n) is 6.91. The van der Waals surface area contributed by atoms with Gasteiger partial charge in [-0.1, -0.05) is 31.2 Å². The molecule has 2 N–H and O–H groups in total. The number of aryl methyl sites for hydroxylation is 1. The molecule has 1 aliphatic carbocycles. The number of rotatable bonds is 7. The van der Waals surface area contributed by atoms with Crippen LogP contribution in [0.4, 0.5) is 5.82 Å². The number of anilines is 1. The van der Waals surface area contributed by atoms with Crippen LogP contribution in [0.25, 0.3) is 0 Å². The number of aromatic nitrogens is 1. The zero-order valence-corrected chi connectivity index (χ0v) is 15.3. The minimum atomic E-state index is -1.03. The summed E-state index contributed by atoms with van der Waals surface area (Å²) in [5.41, 5.74) is 2.36. The van der Waals surface area contributed by atoms with E-state index in [1.165, 1.54) is 11.6 Å². The van der Waals surface area contributed by atoms with Crippen molar-refractivity contribution in [3.63, 3.8) is 0 Å². The number of nitrogens with zero attached hydrogens (tertiary/aromatic N) is 2. The average Bonchev–Trinajstić information content (AvgIpc) is 2.67. The first kappa shape index (κ1) is 18.9. The zero-order chi connectivity index (χ0) is 19.4. The molecular formula is C21H24N2O4. The van der Waals surface area contributed by atoms with E-state index in [1.54, 1.807) is 12.3 Å². The summed E-state index contributed by atoms with van der Waals surface area (Å²) in [5, 5.41) is 19.3. The monoisotopic (exact) mass is 368 g/mol. The fourth-order valence-electron chi connectivity index (χ4n) is 3.98. The fourth-order valence-corrected chi connectivity index (χ4v) is 3.98. The first-order valence-corrected chi connectivity index (χ1v) is 9.26. The smallest absolute Gasteiger partial charge is 0.339 e. The lowest BCUT2D eigenvalue weighted by Gasteiger charge is -2.36. The van der Waals surface area contributed by atoms with Gasteiger partial charge in [-0.25, -0.2) is 9.78 Å². The van der Waals surface area contributed by atoms with E-state index < -0.39 is 17.9 Å². The maximum absolute atomic E-state index is 11.9. The Balaban J connectivity index is 2.00. The van der Waals surface area contributed by atoms with Crippen LogP contribution in [0.2, 0.25) is 0 Å². The third-order valence-corrected chi connectivity index (χ3v) is 5.21. The van der Waals surface area contributed by atoms with E-state index in [0.29, 0.717) is 25.3 Å². The van der Waals surface area contributed by atoms with Crippen LogP contribution >= 0.6 is 0 Å². The predicted molar refractivity (Wildman–Crippen MR) is 102 cm³/mol. The molecule has 0 spiro atoms. The van der Waals surface area contributed by atoms with Crippen molar-refractivity contribution >= 4 is 17.8 Å². The number of aromatic carboxylic acids is 1. The van der Waals surface area contributed by atoms with Gasteiger partial charge in [-0.2, -0.15) is 0 Å². The molecule has 6 nitrogen and oxygen atoms in total. The Labute approximate surface area is 158 Å². The molecule has 1 aliphatic rings. The summed E-state index contributed by atoms with van der Waals surface area (Å²) in [6, 6.07) is 11.1. The van der Waals surface area contributed by atoms with E-state index in [4.69, 9.17) is 0 Å². The largest absolute Gasteiger partial charge is 0.481 e. The van der Waals surface area contributed by atoms with Crippen molar-refractivity contribution in [2.24, 2.45) is 5.92 Å². The van der Waals surface area contributed by atoms with Crippen LogP contribution in [-0.4, -0.2) is 40.2 Å². The second kappa shape index (κ2) is 8.20. The summed E-state index contributed by atoms with van der Waals surface area (Å²) in [6.45, 7) is 3.06. The first-order chi connectivity index (χ1) is 13.0. The first-order valence-electron chi connectivity index (χ1n) is 9.26. The van der Waals surface area contributed by atoms with Crippen molar-refractivity contribution in [2.75, 3.05) is 18.0 Å². The van der Waals surface area contributed by atoms with Crippen LogP contribution < -0.4 is 4.90 Å². The average molecular weight is 368 g/mol. The minimum absolute atomic E-state index is 0.141. The van der Waals surface area contributed by atoms with Crippen LogP contribution in [0.1, 0.15) is 47.2 Å². The standard InChI is InChI=1S/C21H24N2O4/c1-2-12-23(19-17(21(26)27)8-5-11-22-19)13-18-15-7-4-3-6-14(15)9-10-16(18)20(24)25/h3-8,11,16,18H,2,9-10,12-13H2,1H3,(H,24,25)(H,26,27). The van der Waals surface area contributed by atoms with Crippen molar-refractivity contribution < 1.29 is 19.8 Å². The lowest BCUT2D eigenvalue weighted by Crippen LogP contribution is -2.38. The van der Waals surface area contributed by atoms with Gasteiger partial charge in [0.25, 0.3) is 0 Å². The van der Waals surface area contributed by atoms with Crippen molar-refractivity contribution in [1.29, 1.82) is 0 Å². The summed E-state index contributed by atoms with van der Waals surface area (Å²) >= 11 is 0. The highest BCUT2D eigenvalue weighted by Gasteiger charge is 2.36. The number of benzene rings is 1. The molecule has 0 aliphatic heterocycles. The number of hydrogen-bond donors (Lipinski definition) is 2. The molecule has 0 saturated carbocycles. The van der Waals surface area contributed by atoms with Gasteiger partial charge in [-0.05, 0) is 42.5 Å². The van der Waals surface area contributed by atoms with Gasteiger partial charge in [0.05, 0.1) is 5.92 Å². The second-order valence-corrected chi connectivity index (χ2v) is 6.91. The Morgan fingerprint density at radius 1 is 1.19 bits per heavy atom. The van der Waals surface area contributed by atoms with Gasteiger partial charge in [-0.15, -0.1) is 0 Å². The highest BCUT2D eigenvalue weighted by Crippen LogP contribution is 2.38. The van der Waals surface area contributed by atoms with E-state index in [-0.39, 0.29) is 11.5 Å². The number of fused-ring (bicyclic) bond motifs is 1. The Hall–Kier alpha value is -2.89. The molecule has 3 rings (SSSR count). The van der Waals surface area contributed by atoms with Gasteiger partial charge in [0.1, 0.15) is 11.4 Å². The predicted octanol–water partition coefficient (Wildman–Crippen LogP) is 3.43. The van der Waals surface area contributed by atoms with Crippen molar-refractivity contribution in [3.8, 4) is 0 Å². The number of hydrogen-bond acceptors (Lipinski definition) is 4. The van der Waals surface area contributed by atoms with E-state index >= 15 is 0 Å². The third kappa shape index (κ3) is 3.94. The van der Waals surface area contributed by atoms with Gasteiger partial charge in [0, 0.05) is 25.2 Å². The van der Waals surface area contributed by atoms with Gasteiger partial charge >= 0.3 is 11.9 Å². The van der Waals surface area contributed by atoms with Gasteiger partial charge < -0.3 is 15.1 Å². The molecule has 0 saturated heterocycles. The Bertz CT molecular complexity index is 836. The molecule has 27 heavy (non-hydrogen) atoms. The molecule has 1 aromatic carbocycles. The quantitative estimate of drug-likeness (QED) is 0.778. The molecular weight excluding hydrogens is 344 g/mol. The third-order valence-electron chi connectivity index (χ3n) is 5.21. The van der Waals surface area contributed by atoms with E-state index in [1.807, 2.05) is 36.1 Å². The van der Waals surface area contributed by atoms with Gasteiger partial charge in [-0.3, -0.25) is 4.79 Å².